The van der Waals surface area contributed by atoms with E-state index in [1.807, 2.05) is 47.4 Å². The number of ether oxygens (including phenoxy) is 1. The number of fused-ring (bicyclic) bond motifs is 2. The van der Waals surface area contributed by atoms with Crippen LogP contribution in [-0.2, 0) is 11.2 Å². The highest BCUT2D eigenvalue weighted by atomic mass is 16.5. The average molecular weight is 436 g/mol. The summed E-state index contributed by atoms with van der Waals surface area (Å²) in [5.74, 6) is 0. The van der Waals surface area contributed by atoms with E-state index in [-0.39, 0.29) is 0 Å². The third-order valence-corrected chi connectivity index (χ3v) is 6.40. The maximum absolute atomic E-state index is 5.44. The van der Waals surface area contributed by atoms with Crippen molar-refractivity contribution >= 4 is 16.6 Å². The van der Waals surface area contributed by atoms with Crippen LogP contribution in [0.5, 0.6) is 0 Å². The zero-order valence-electron chi connectivity index (χ0n) is 18.4. The van der Waals surface area contributed by atoms with Crippen LogP contribution < -0.4 is 0 Å². The van der Waals surface area contributed by atoms with Gasteiger partial charge < -0.3 is 4.74 Å². The van der Waals surface area contributed by atoms with Crippen molar-refractivity contribution < 1.29 is 4.74 Å². The largest absolute Gasteiger partial charge is 0.379 e. The third kappa shape index (κ3) is 3.99. The molecule has 0 N–H and O–H groups in total. The normalized spacial score (nSPS) is 14.8. The summed E-state index contributed by atoms with van der Waals surface area (Å²) >= 11 is 0. The third-order valence-electron chi connectivity index (χ3n) is 6.40. The van der Waals surface area contributed by atoms with Crippen molar-refractivity contribution in [3.8, 4) is 22.3 Å². The first-order valence-electron chi connectivity index (χ1n) is 11.4. The van der Waals surface area contributed by atoms with Crippen LogP contribution in [0.4, 0.5) is 0 Å². The van der Waals surface area contributed by atoms with Crippen molar-refractivity contribution in [2.45, 2.75) is 6.42 Å². The van der Waals surface area contributed by atoms with Gasteiger partial charge in [-0.05, 0) is 35.2 Å². The lowest BCUT2D eigenvalue weighted by Crippen LogP contribution is -2.37. The molecule has 1 aliphatic rings. The fourth-order valence-electron chi connectivity index (χ4n) is 4.52. The fraction of sp³-hybridized carbons (Fsp3) is 0.222. The van der Waals surface area contributed by atoms with Crippen molar-refractivity contribution in [2.75, 3.05) is 32.8 Å². The minimum absolute atomic E-state index is 0.845. The minimum Gasteiger partial charge on any atom is -0.379 e. The maximum atomic E-state index is 5.44. The number of hydrogen-bond donors (Lipinski definition) is 0. The first-order valence-corrected chi connectivity index (χ1v) is 11.4. The van der Waals surface area contributed by atoms with Gasteiger partial charge in [-0.1, -0.05) is 42.5 Å². The Kier molecular flexibility index (Phi) is 5.30. The molecule has 6 nitrogen and oxygen atoms in total. The molecule has 0 unspecified atom stereocenters. The molecule has 1 aliphatic heterocycles. The lowest BCUT2D eigenvalue weighted by Gasteiger charge is -2.26. The highest BCUT2D eigenvalue weighted by Gasteiger charge is 2.13. The number of pyridine rings is 1. The Morgan fingerprint density at radius 3 is 2.55 bits per heavy atom. The number of para-hydroxylation sites is 1. The second-order valence-corrected chi connectivity index (χ2v) is 8.45. The number of hydrogen-bond acceptors (Lipinski definition) is 5. The van der Waals surface area contributed by atoms with Crippen molar-refractivity contribution in [1.82, 2.24) is 24.5 Å². The Bertz CT molecular complexity index is 1400. The topological polar surface area (TPSA) is 55.5 Å². The molecule has 0 radical (unpaired) electrons. The molecule has 33 heavy (non-hydrogen) atoms. The van der Waals surface area contributed by atoms with E-state index in [1.54, 1.807) is 0 Å². The van der Waals surface area contributed by atoms with E-state index in [2.05, 4.69) is 51.5 Å². The number of aromatic nitrogens is 4. The first-order chi connectivity index (χ1) is 16.3. The molecule has 5 aromatic rings. The Morgan fingerprint density at radius 1 is 0.818 bits per heavy atom. The predicted molar refractivity (Wildman–Crippen MR) is 130 cm³/mol. The summed E-state index contributed by atoms with van der Waals surface area (Å²) in [5, 5.41) is 5.71. The molecule has 0 amide bonds. The summed E-state index contributed by atoms with van der Waals surface area (Å²) < 4.78 is 7.30. The minimum atomic E-state index is 0.845. The molecule has 0 bridgehead atoms. The molecule has 1 fully saturated rings. The van der Waals surface area contributed by atoms with Crippen LogP contribution in [-0.4, -0.2) is 57.3 Å². The molecule has 0 atom stereocenters. The number of benzene rings is 2. The summed E-state index contributed by atoms with van der Waals surface area (Å²) in [6.07, 6.45) is 8.78. The van der Waals surface area contributed by atoms with Gasteiger partial charge >= 0.3 is 0 Å². The van der Waals surface area contributed by atoms with E-state index < -0.39 is 0 Å². The molecule has 0 saturated carbocycles. The molecule has 2 aromatic carbocycles. The van der Waals surface area contributed by atoms with Crippen LogP contribution in [0.15, 0.2) is 79.4 Å². The van der Waals surface area contributed by atoms with E-state index in [4.69, 9.17) is 9.72 Å². The van der Waals surface area contributed by atoms with Crippen LogP contribution in [0, 0.1) is 0 Å². The molecule has 4 heterocycles. The lowest BCUT2D eigenvalue weighted by atomic mass is 10.0. The van der Waals surface area contributed by atoms with Gasteiger partial charge in [-0.25, -0.2) is 9.50 Å². The van der Waals surface area contributed by atoms with Gasteiger partial charge in [0.15, 0.2) is 5.65 Å². The van der Waals surface area contributed by atoms with Gasteiger partial charge in [0.2, 0.25) is 0 Å². The smallest absolute Gasteiger partial charge is 0.162 e. The summed E-state index contributed by atoms with van der Waals surface area (Å²) in [6.45, 7) is 4.84. The van der Waals surface area contributed by atoms with Gasteiger partial charge in [0, 0.05) is 54.7 Å². The summed E-state index contributed by atoms with van der Waals surface area (Å²) in [4.78, 5) is 11.7. The Balaban J connectivity index is 1.25. The highest BCUT2D eigenvalue weighted by Crippen LogP contribution is 2.30. The molecule has 0 aliphatic carbocycles. The molecule has 6 heteroatoms. The van der Waals surface area contributed by atoms with Crippen molar-refractivity contribution in [1.29, 1.82) is 0 Å². The second-order valence-electron chi connectivity index (χ2n) is 8.45. The molecule has 6 rings (SSSR count). The van der Waals surface area contributed by atoms with E-state index in [9.17, 15) is 0 Å². The predicted octanol–water partition coefficient (Wildman–Crippen LogP) is 4.49. The van der Waals surface area contributed by atoms with Gasteiger partial charge in [-0.15, -0.1) is 0 Å². The van der Waals surface area contributed by atoms with Gasteiger partial charge in [-0.3, -0.25) is 9.88 Å². The number of nitrogens with zero attached hydrogens (tertiary/aromatic N) is 5. The number of morpholine rings is 1. The second kappa shape index (κ2) is 8.73. The summed E-state index contributed by atoms with van der Waals surface area (Å²) in [6, 6.07) is 19.0. The molecule has 0 spiro atoms. The Hall–Kier alpha value is -3.61. The van der Waals surface area contributed by atoms with Crippen molar-refractivity contribution in [2.24, 2.45) is 0 Å². The zero-order chi connectivity index (χ0) is 22.0. The quantitative estimate of drug-likeness (QED) is 0.407. The molecular weight excluding hydrogens is 410 g/mol. The van der Waals surface area contributed by atoms with Gasteiger partial charge in [0.1, 0.15) is 0 Å². The van der Waals surface area contributed by atoms with E-state index >= 15 is 0 Å². The van der Waals surface area contributed by atoms with Crippen LogP contribution >= 0.6 is 0 Å². The van der Waals surface area contributed by atoms with Crippen LogP contribution in [0.3, 0.4) is 0 Å². The Labute approximate surface area is 192 Å². The van der Waals surface area contributed by atoms with Gasteiger partial charge in [0.25, 0.3) is 0 Å². The van der Waals surface area contributed by atoms with Crippen molar-refractivity contribution in [3.63, 3.8) is 0 Å². The first kappa shape index (κ1) is 20.0. The molecule has 1 saturated heterocycles. The standard InChI is InChI=1S/C27H25N5O/c1-2-4-26-24(3-1)23(9-11-28-26)25-18-30-32-19-22(17-29-27(25)32)21-7-5-20(6-8-21)10-12-31-13-15-33-16-14-31/h1-9,11,17-19H,10,12-16H2. The van der Waals surface area contributed by atoms with E-state index in [1.165, 1.54) is 5.56 Å². The number of rotatable bonds is 5. The summed E-state index contributed by atoms with van der Waals surface area (Å²) in [5.41, 5.74) is 7.48. The Morgan fingerprint density at radius 2 is 1.67 bits per heavy atom. The lowest BCUT2D eigenvalue weighted by molar-refractivity contribution is 0.0384. The highest BCUT2D eigenvalue weighted by molar-refractivity contribution is 5.97. The maximum Gasteiger partial charge on any atom is 0.162 e. The van der Waals surface area contributed by atoms with E-state index in [0.717, 1.165) is 78.1 Å². The van der Waals surface area contributed by atoms with Crippen molar-refractivity contribution in [3.05, 3.63) is 84.9 Å². The monoisotopic (exact) mass is 435 g/mol. The summed E-state index contributed by atoms with van der Waals surface area (Å²) in [7, 11) is 0. The SMILES string of the molecule is c1ccc2c(-c3cnn4cc(-c5ccc(CCN6CCOCC6)cc5)cnc34)ccnc2c1. The van der Waals surface area contributed by atoms with Crippen LogP contribution in [0.2, 0.25) is 0 Å². The fourth-order valence-corrected chi connectivity index (χ4v) is 4.52. The van der Waals surface area contributed by atoms with E-state index in [0.29, 0.717) is 0 Å². The molecular formula is C27H25N5O. The molecule has 3 aromatic heterocycles. The zero-order valence-corrected chi connectivity index (χ0v) is 18.4. The molecule has 164 valence electrons. The van der Waals surface area contributed by atoms with Gasteiger partial charge in [0.05, 0.1) is 24.9 Å². The van der Waals surface area contributed by atoms with Crippen LogP contribution in [0.1, 0.15) is 5.56 Å². The average Bonchev–Trinajstić information content (AvgIpc) is 3.31. The van der Waals surface area contributed by atoms with Gasteiger partial charge in [-0.2, -0.15) is 5.10 Å². The van der Waals surface area contributed by atoms with Crippen LogP contribution in [0.25, 0.3) is 38.8 Å².